The van der Waals surface area contributed by atoms with Crippen LogP contribution in [-0.2, 0) is 17.8 Å². The second-order valence-corrected chi connectivity index (χ2v) is 7.51. The van der Waals surface area contributed by atoms with E-state index >= 15 is 0 Å². The summed E-state index contributed by atoms with van der Waals surface area (Å²) in [6.45, 7) is 2.93. The van der Waals surface area contributed by atoms with Crippen LogP contribution in [0.1, 0.15) is 48.2 Å². The van der Waals surface area contributed by atoms with Crippen molar-refractivity contribution < 1.29 is 13.6 Å². The van der Waals surface area contributed by atoms with Gasteiger partial charge in [-0.15, -0.1) is 0 Å². The number of aromatic nitrogens is 1. The molecule has 2 aromatic rings. The minimum Gasteiger partial charge on any atom is -0.346 e. The predicted molar refractivity (Wildman–Crippen MR) is 97.9 cm³/mol. The second-order valence-electron chi connectivity index (χ2n) is 7.51. The van der Waals surface area contributed by atoms with Gasteiger partial charge in [-0.05, 0) is 55.5 Å². The number of rotatable bonds is 4. The maximum atomic E-state index is 14.2. The molecule has 5 nitrogen and oxygen atoms in total. The van der Waals surface area contributed by atoms with Gasteiger partial charge in [0, 0.05) is 19.3 Å². The standard InChI is InChI=1S/C21H20F2N4O/c1-13(19-18(23)8-14(10-24)11-25-19)26-20(28)21(5-6-21)27-7-4-15-2-3-17(22)9-16(15)12-27/h2-3,8-9,11,13H,4-7,12H2,1H3,(H,26,28)/t13-/m1/s1. The molecule has 0 saturated heterocycles. The number of hydrogen-bond acceptors (Lipinski definition) is 4. The molecule has 1 amide bonds. The minimum atomic E-state index is -0.624. The van der Waals surface area contributed by atoms with E-state index in [9.17, 15) is 13.6 Å². The smallest absolute Gasteiger partial charge is 0.241 e. The zero-order valence-electron chi connectivity index (χ0n) is 15.5. The summed E-state index contributed by atoms with van der Waals surface area (Å²) in [6.07, 6.45) is 3.51. The van der Waals surface area contributed by atoms with Crippen LogP contribution < -0.4 is 5.32 Å². The van der Waals surface area contributed by atoms with Crippen LogP contribution in [0, 0.1) is 23.0 Å². The zero-order chi connectivity index (χ0) is 19.9. The summed E-state index contributed by atoms with van der Waals surface area (Å²) < 4.78 is 27.8. The van der Waals surface area contributed by atoms with E-state index < -0.39 is 17.4 Å². The molecule has 4 rings (SSSR count). The number of halogens is 2. The number of hydrogen-bond donors (Lipinski definition) is 1. The van der Waals surface area contributed by atoms with Crippen LogP contribution in [0.4, 0.5) is 8.78 Å². The molecule has 1 aromatic heterocycles. The van der Waals surface area contributed by atoms with E-state index in [0.29, 0.717) is 6.54 Å². The van der Waals surface area contributed by atoms with Crippen molar-refractivity contribution in [1.82, 2.24) is 15.2 Å². The fourth-order valence-electron chi connectivity index (χ4n) is 3.92. The van der Waals surface area contributed by atoms with Crippen LogP contribution in [0.25, 0.3) is 0 Å². The van der Waals surface area contributed by atoms with Gasteiger partial charge in [0.05, 0.1) is 17.3 Å². The van der Waals surface area contributed by atoms with Gasteiger partial charge in [0.1, 0.15) is 23.2 Å². The van der Waals surface area contributed by atoms with Crippen molar-refractivity contribution in [3.63, 3.8) is 0 Å². The van der Waals surface area contributed by atoms with Gasteiger partial charge in [0.15, 0.2) is 0 Å². The third kappa shape index (κ3) is 3.25. The molecule has 1 aliphatic carbocycles. The molecule has 0 spiro atoms. The van der Waals surface area contributed by atoms with E-state index in [2.05, 4.69) is 15.2 Å². The van der Waals surface area contributed by atoms with Crippen molar-refractivity contribution in [3.8, 4) is 6.07 Å². The summed E-state index contributed by atoms with van der Waals surface area (Å²) >= 11 is 0. The summed E-state index contributed by atoms with van der Waals surface area (Å²) in [5, 5.41) is 11.7. The molecule has 1 saturated carbocycles. The second kappa shape index (κ2) is 6.95. The van der Waals surface area contributed by atoms with E-state index in [1.165, 1.54) is 18.3 Å². The molecule has 0 radical (unpaired) electrons. The van der Waals surface area contributed by atoms with Gasteiger partial charge in [-0.1, -0.05) is 6.07 Å². The Bertz CT molecular complexity index is 981. The molecular formula is C21H20F2N4O. The van der Waals surface area contributed by atoms with Gasteiger partial charge < -0.3 is 5.32 Å². The third-order valence-electron chi connectivity index (χ3n) is 5.69. The lowest BCUT2D eigenvalue weighted by atomic mass is 9.97. The Morgan fingerprint density at radius 2 is 2.11 bits per heavy atom. The summed E-state index contributed by atoms with van der Waals surface area (Å²) in [5.74, 6) is -1.05. The Balaban J connectivity index is 1.48. The monoisotopic (exact) mass is 382 g/mol. The number of amides is 1. The summed E-state index contributed by atoms with van der Waals surface area (Å²) in [5.41, 5.74) is 1.65. The normalized spacial score (nSPS) is 18.6. The molecule has 0 unspecified atom stereocenters. The number of nitrogens with zero attached hydrogens (tertiary/aromatic N) is 3. The highest BCUT2D eigenvalue weighted by molar-refractivity contribution is 5.89. The molecule has 0 bridgehead atoms. The molecule has 1 atom stereocenters. The lowest BCUT2D eigenvalue weighted by Gasteiger charge is -2.35. The van der Waals surface area contributed by atoms with E-state index in [4.69, 9.17) is 5.26 Å². The van der Waals surface area contributed by atoms with Gasteiger partial charge in [0.25, 0.3) is 0 Å². The lowest BCUT2D eigenvalue weighted by Crippen LogP contribution is -2.51. The Morgan fingerprint density at radius 3 is 2.79 bits per heavy atom. The molecule has 28 heavy (non-hydrogen) atoms. The molecule has 1 fully saturated rings. The number of carbonyl (C=O) groups excluding carboxylic acids is 1. The first kappa shape index (κ1) is 18.5. The number of pyridine rings is 1. The molecule has 1 aliphatic heterocycles. The highest BCUT2D eigenvalue weighted by Gasteiger charge is 2.55. The first-order valence-electron chi connectivity index (χ1n) is 9.32. The molecule has 2 heterocycles. The minimum absolute atomic E-state index is 0.106. The van der Waals surface area contributed by atoms with Crippen molar-refractivity contribution in [3.05, 3.63) is 64.5 Å². The van der Waals surface area contributed by atoms with Crippen molar-refractivity contribution in [2.45, 2.75) is 44.3 Å². The van der Waals surface area contributed by atoms with Crippen LogP contribution in [0.5, 0.6) is 0 Å². The van der Waals surface area contributed by atoms with Crippen molar-refractivity contribution >= 4 is 5.91 Å². The van der Waals surface area contributed by atoms with Crippen LogP contribution in [0.3, 0.4) is 0 Å². The maximum Gasteiger partial charge on any atom is 0.241 e. The predicted octanol–water partition coefficient (Wildman–Crippen LogP) is 3.00. The van der Waals surface area contributed by atoms with Gasteiger partial charge in [-0.3, -0.25) is 14.7 Å². The highest BCUT2D eigenvalue weighted by atomic mass is 19.1. The Hall–Kier alpha value is -2.85. The largest absolute Gasteiger partial charge is 0.346 e. The molecular weight excluding hydrogens is 362 g/mol. The van der Waals surface area contributed by atoms with Gasteiger partial charge in [-0.25, -0.2) is 8.78 Å². The first-order chi connectivity index (χ1) is 13.4. The van der Waals surface area contributed by atoms with E-state index in [1.807, 2.05) is 12.1 Å². The van der Waals surface area contributed by atoms with Crippen LogP contribution in [0.15, 0.2) is 30.5 Å². The van der Waals surface area contributed by atoms with E-state index in [-0.39, 0.29) is 23.0 Å². The Kier molecular flexibility index (Phi) is 4.60. The Labute approximate surface area is 162 Å². The molecule has 144 valence electrons. The number of carbonyl (C=O) groups is 1. The molecule has 1 aromatic carbocycles. The molecule has 1 N–H and O–H groups in total. The number of nitriles is 1. The summed E-state index contributed by atoms with van der Waals surface area (Å²) in [4.78, 5) is 19.1. The fourth-order valence-corrected chi connectivity index (χ4v) is 3.92. The zero-order valence-corrected chi connectivity index (χ0v) is 15.5. The quantitative estimate of drug-likeness (QED) is 0.883. The van der Waals surface area contributed by atoms with E-state index in [0.717, 1.165) is 43.0 Å². The number of fused-ring (bicyclic) bond motifs is 1. The number of benzene rings is 1. The topological polar surface area (TPSA) is 69.0 Å². The van der Waals surface area contributed by atoms with Crippen LogP contribution in [0.2, 0.25) is 0 Å². The van der Waals surface area contributed by atoms with Crippen molar-refractivity contribution in [2.75, 3.05) is 6.54 Å². The third-order valence-corrected chi connectivity index (χ3v) is 5.69. The molecule has 2 aliphatic rings. The van der Waals surface area contributed by atoms with Gasteiger partial charge in [0.2, 0.25) is 5.91 Å². The summed E-state index contributed by atoms with van der Waals surface area (Å²) in [6, 6.07) is 7.15. The van der Waals surface area contributed by atoms with Crippen molar-refractivity contribution in [2.24, 2.45) is 0 Å². The lowest BCUT2D eigenvalue weighted by molar-refractivity contribution is -0.129. The first-order valence-corrected chi connectivity index (χ1v) is 9.32. The average Bonchev–Trinajstić information content (AvgIpc) is 3.49. The van der Waals surface area contributed by atoms with Crippen LogP contribution >= 0.6 is 0 Å². The SMILES string of the molecule is C[C@@H](NC(=O)C1(N2CCc3ccc(F)cc3C2)CC1)c1ncc(C#N)cc1F. The van der Waals surface area contributed by atoms with E-state index in [1.54, 1.807) is 6.92 Å². The van der Waals surface area contributed by atoms with Gasteiger partial charge >= 0.3 is 0 Å². The molecule has 7 heteroatoms. The number of nitrogens with one attached hydrogen (secondary N) is 1. The average molecular weight is 382 g/mol. The van der Waals surface area contributed by atoms with Crippen LogP contribution in [-0.4, -0.2) is 27.9 Å². The van der Waals surface area contributed by atoms with Crippen molar-refractivity contribution in [1.29, 1.82) is 5.26 Å². The fraction of sp³-hybridized carbons (Fsp3) is 0.381. The maximum absolute atomic E-state index is 14.2. The highest BCUT2D eigenvalue weighted by Crippen LogP contribution is 2.44. The Morgan fingerprint density at radius 1 is 1.32 bits per heavy atom. The van der Waals surface area contributed by atoms with Gasteiger partial charge in [-0.2, -0.15) is 5.26 Å². The summed E-state index contributed by atoms with van der Waals surface area (Å²) in [7, 11) is 0.